The van der Waals surface area contributed by atoms with Gasteiger partial charge in [-0.25, -0.2) is 4.39 Å². The predicted molar refractivity (Wildman–Crippen MR) is 87.8 cm³/mol. The molecule has 2 N–H and O–H groups in total. The van der Waals surface area contributed by atoms with E-state index < -0.39 is 0 Å². The number of carbonyl (C=O) groups is 1. The van der Waals surface area contributed by atoms with Gasteiger partial charge in [-0.2, -0.15) is 0 Å². The van der Waals surface area contributed by atoms with Crippen LogP contribution in [0.1, 0.15) is 37.7 Å². The molecule has 5 heteroatoms. The fraction of sp³-hybridized carbons (Fsp3) is 0.588. The monoisotopic (exact) mass is 326 g/mol. The molecule has 1 saturated carbocycles. The van der Waals surface area contributed by atoms with Crippen LogP contribution in [-0.2, 0) is 10.2 Å². The maximum atomic E-state index is 13.6. The molecule has 1 aromatic carbocycles. The van der Waals surface area contributed by atoms with Gasteiger partial charge in [0.2, 0.25) is 5.91 Å². The molecule has 0 unspecified atom stereocenters. The van der Waals surface area contributed by atoms with E-state index in [2.05, 4.69) is 10.6 Å². The number of amides is 1. The van der Waals surface area contributed by atoms with Crippen molar-refractivity contribution in [2.45, 2.75) is 37.5 Å². The van der Waals surface area contributed by atoms with E-state index in [1.54, 1.807) is 12.1 Å². The smallest absolute Gasteiger partial charge is 0.225 e. The summed E-state index contributed by atoms with van der Waals surface area (Å²) in [6.45, 7) is 2.18. The van der Waals surface area contributed by atoms with Gasteiger partial charge in [-0.05, 0) is 30.5 Å². The predicted octanol–water partition coefficient (Wildman–Crippen LogP) is 2.79. The molecular formula is C17H24ClFN2O. The fourth-order valence-corrected chi connectivity index (χ4v) is 3.49. The Bertz CT molecular complexity index is 513. The highest BCUT2D eigenvalue weighted by atomic mass is 35.5. The van der Waals surface area contributed by atoms with Crippen molar-refractivity contribution in [1.29, 1.82) is 0 Å². The molecule has 1 aliphatic carbocycles. The summed E-state index contributed by atoms with van der Waals surface area (Å²) < 4.78 is 13.6. The lowest BCUT2D eigenvalue weighted by Crippen LogP contribution is -2.53. The molecule has 22 heavy (non-hydrogen) atoms. The van der Waals surface area contributed by atoms with Gasteiger partial charge in [0.25, 0.3) is 0 Å². The third-order valence-corrected chi connectivity index (χ3v) is 5.00. The van der Waals surface area contributed by atoms with E-state index >= 15 is 0 Å². The third kappa shape index (κ3) is 3.61. The molecule has 0 spiro atoms. The van der Waals surface area contributed by atoms with Crippen molar-refractivity contribution in [1.82, 2.24) is 10.6 Å². The van der Waals surface area contributed by atoms with Gasteiger partial charge in [-0.15, -0.1) is 12.4 Å². The van der Waals surface area contributed by atoms with E-state index in [0.29, 0.717) is 6.54 Å². The average molecular weight is 327 g/mol. The molecular weight excluding hydrogens is 303 g/mol. The number of carbonyl (C=O) groups excluding carboxylic acids is 1. The Balaban J connectivity index is 0.00000176. The SMILES string of the molecule is Cl.O=C(NCC1(c2cccc(F)c2)CCCCC1)C1CNC1. The molecule has 1 aliphatic heterocycles. The van der Waals surface area contributed by atoms with Crippen molar-refractivity contribution in [2.75, 3.05) is 19.6 Å². The van der Waals surface area contributed by atoms with Gasteiger partial charge in [0.05, 0.1) is 5.92 Å². The minimum atomic E-state index is -0.188. The Labute approximate surface area is 137 Å². The standard InChI is InChI=1S/C17H23FN2O.ClH/c18-15-6-4-5-14(9-15)17(7-2-1-3-8-17)12-20-16(21)13-10-19-11-13;/h4-6,9,13,19H,1-3,7-8,10-12H2,(H,20,21);1H. The van der Waals surface area contributed by atoms with Crippen molar-refractivity contribution in [3.63, 3.8) is 0 Å². The molecule has 3 nitrogen and oxygen atoms in total. The van der Waals surface area contributed by atoms with E-state index in [4.69, 9.17) is 0 Å². The van der Waals surface area contributed by atoms with Gasteiger partial charge < -0.3 is 10.6 Å². The van der Waals surface area contributed by atoms with E-state index in [9.17, 15) is 9.18 Å². The van der Waals surface area contributed by atoms with Crippen LogP contribution in [0.25, 0.3) is 0 Å². The zero-order valence-corrected chi connectivity index (χ0v) is 13.6. The molecule has 2 fully saturated rings. The maximum absolute atomic E-state index is 13.6. The highest BCUT2D eigenvalue weighted by Crippen LogP contribution is 2.39. The van der Waals surface area contributed by atoms with E-state index in [0.717, 1.165) is 44.3 Å². The van der Waals surface area contributed by atoms with Crippen LogP contribution in [0.2, 0.25) is 0 Å². The van der Waals surface area contributed by atoms with Gasteiger partial charge in [-0.1, -0.05) is 31.4 Å². The fourth-order valence-electron chi connectivity index (χ4n) is 3.49. The highest BCUT2D eigenvalue weighted by Gasteiger charge is 2.35. The van der Waals surface area contributed by atoms with Crippen LogP contribution in [0.4, 0.5) is 4.39 Å². The lowest BCUT2D eigenvalue weighted by molar-refractivity contribution is -0.126. The second-order valence-electron chi connectivity index (χ2n) is 6.42. The van der Waals surface area contributed by atoms with E-state index in [1.807, 2.05) is 6.07 Å². The van der Waals surface area contributed by atoms with Crippen LogP contribution in [0.15, 0.2) is 24.3 Å². The van der Waals surface area contributed by atoms with Gasteiger partial charge in [0.15, 0.2) is 0 Å². The van der Waals surface area contributed by atoms with Crippen molar-refractivity contribution >= 4 is 18.3 Å². The summed E-state index contributed by atoms with van der Waals surface area (Å²) in [7, 11) is 0. The van der Waals surface area contributed by atoms with Crippen LogP contribution in [0.3, 0.4) is 0 Å². The zero-order valence-electron chi connectivity index (χ0n) is 12.7. The minimum absolute atomic E-state index is 0. The lowest BCUT2D eigenvalue weighted by Gasteiger charge is -2.39. The first kappa shape index (κ1) is 17.2. The van der Waals surface area contributed by atoms with Gasteiger partial charge in [-0.3, -0.25) is 4.79 Å². The Morgan fingerprint density at radius 2 is 2.00 bits per heavy atom. The van der Waals surface area contributed by atoms with Gasteiger partial charge >= 0.3 is 0 Å². The van der Waals surface area contributed by atoms with Crippen molar-refractivity contribution in [2.24, 2.45) is 5.92 Å². The number of benzene rings is 1. The Morgan fingerprint density at radius 1 is 1.27 bits per heavy atom. The normalized spacial score (nSPS) is 20.6. The number of rotatable bonds is 4. The summed E-state index contributed by atoms with van der Waals surface area (Å²) in [6, 6.07) is 6.91. The molecule has 2 aliphatic rings. The second-order valence-corrected chi connectivity index (χ2v) is 6.42. The van der Waals surface area contributed by atoms with Gasteiger partial charge in [0.1, 0.15) is 5.82 Å². The van der Waals surface area contributed by atoms with Crippen molar-refractivity contribution < 1.29 is 9.18 Å². The second kappa shape index (κ2) is 7.42. The molecule has 3 rings (SSSR count). The Hall–Kier alpha value is -1.13. The maximum Gasteiger partial charge on any atom is 0.225 e. The summed E-state index contributed by atoms with van der Waals surface area (Å²) in [5.74, 6) is 0.0558. The summed E-state index contributed by atoms with van der Waals surface area (Å²) in [6.07, 6.45) is 5.59. The van der Waals surface area contributed by atoms with Crippen molar-refractivity contribution in [3.05, 3.63) is 35.6 Å². The van der Waals surface area contributed by atoms with Crippen molar-refractivity contribution in [3.8, 4) is 0 Å². The molecule has 1 aromatic rings. The first-order chi connectivity index (χ1) is 10.2. The largest absolute Gasteiger partial charge is 0.355 e. The van der Waals surface area contributed by atoms with E-state index in [-0.39, 0.29) is 35.5 Å². The zero-order chi connectivity index (χ0) is 14.7. The summed E-state index contributed by atoms with van der Waals surface area (Å²) >= 11 is 0. The number of halogens is 2. The Morgan fingerprint density at radius 3 is 2.59 bits per heavy atom. The van der Waals surface area contributed by atoms with Gasteiger partial charge in [0, 0.05) is 25.0 Å². The number of hydrogen-bond donors (Lipinski definition) is 2. The van der Waals surface area contributed by atoms with Crippen LogP contribution in [0, 0.1) is 11.7 Å². The van der Waals surface area contributed by atoms with Crippen LogP contribution < -0.4 is 10.6 Å². The molecule has 1 amide bonds. The molecule has 1 heterocycles. The quantitative estimate of drug-likeness (QED) is 0.893. The summed E-state index contributed by atoms with van der Waals surface area (Å²) in [4.78, 5) is 12.1. The Kier molecular flexibility index (Phi) is 5.81. The number of nitrogens with one attached hydrogen (secondary N) is 2. The molecule has 0 bridgehead atoms. The highest BCUT2D eigenvalue weighted by molar-refractivity contribution is 5.85. The molecule has 0 atom stereocenters. The minimum Gasteiger partial charge on any atom is -0.355 e. The van der Waals surface area contributed by atoms with Crippen LogP contribution >= 0.6 is 12.4 Å². The molecule has 1 saturated heterocycles. The number of hydrogen-bond acceptors (Lipinski definition) is 2. The molecule has 0 radical (unpaired) electrons. The average Bonchev–Trinajstić information content (AvgIpc) is 2.44. The van der Waals surface area contributed by atoms with Crippen LogP contribution in [0.5, 0.6) is 0 Å². The van der Waals surface area contributed by atoms with Crippen LogP contribution in [-0.4, -0.2) is 25.5 Å². The lowest BCUT2D eigenvalue weighted by atomic mass is 9.69. The summed E-state index contributed by atoms with van der Waals surface area (Å²) in [5, 5.41) is 6.23. The first-order valence-electron chi connectivity index (χ1n) is 7.94. The molecule has 122 valence electrons. The summed E-state index contributed by atoms with van der Waals surface area (Å²) in [5.41, 5.74) is 0.946. The van der Waals surface area contributed by atoms with E-state index in [1.165, 1.54) is 12.5 Å². The molecule has 0 aromatic heterocycles. The third-order valence-electron chi connectivity index (χ3n) is 5.00. The first-order valence-corrected chi connectivity index (χ1v) is 7.94. The topological polar surface area (TPSA) is 41.1 Å².